The number of hydrogen-bond donors (Lipinski definition) is 2. The quantitative estimate of drug-likeness (QED) is 0.438. The van der Waals surface area contributed by atoms with Gasteiger partial charge in [-0.15, -0.1) is 0 Å². The summed E-state index contributed by atoms with van der Waals surface area (Å²) in [6.07, 6.45) is 1.41. The van der Waals surface area contributed by atoms with Gasteiger partial charge in [0.15, 0.2) is 0 Å². The van der Waals surface area contributed by atoms with Gasteiger partial charge in [-0.3, -0.25) is 9.69 Å². The topological polar surface area (TPSA) is 105 Å². The summed E-state index contributed by atoms with van der Waals surface area (Å²) in [6.45, 7) is 1.41. The van der Waals surface area contributed by atoms with E-state index in [-0.39, 0.29) is 29.5 Å². The fourth-order valence-corrected chi connectivity index (χ4v) is 5.11. The number of ether oxygens (including phenoxy) is 2. The molecule has 1 heterocycles. The zero-order chi connectivity index (χ0) is 27.1. The molecule has 8 heteroatoms. The van der Waals surface area contributed by atoms with Crippen molar-refractivity contribution < 1.29 is 29.0 Å². The number of carbonyl (C=O) groups is 3. The second-order valence-electron chi connectivity index (χ2n) is 9.38. The molecule has 0 saturated carbocycles. The standard InChI is InChI=1S/C30H32N2O6/c1-37-28(34)21-17-22(29(35)38-2)19-26(18-21)31-27(33)20-32-15-13-25(14-16-32)30(36,23-9-5-3-6-10-23)24-11-7-4-8-12-24/h3-12,17-19,25,36H,13-16,20H2,1-2H3,(H,31,33). The number of likely N-dealkylation sites (tertiary alicyclic amines) is 1. The molecule has 0 aliphatic carbocycles. The molecule has 0 bridgehead atoms. The lowest BCUT2D eigenvalue weighted by Gasteiger charge is -2.42. The summed E-state index contributed by atoms with van der Waals surface area (Å²) >= 11 is 0. The fourth-order valence-electron chi connectivity index (χ4n) is 5.11. The Hall–Kier alpha value is -4.01. The first kappa shape index (κ1) is 27.0. The van der Waals surface area contributed by atoms with Crippen LogP contribution in [-0.4, -0.2) is 61.7 Å². The van der Waals surface area contributed by atoms with Crippen LogP contribution in [0.2, 0.25) is 0 Å². The maximum Gasteiger partial charge on any atom is 0.337 e. The normalized spacial score (nSPS) is 14.5. The summed E-state index contributed by atoms with van der Waals surface area (Å²) in [6, 6.07) is 23.7. The van der Waals surface area contributed by atoms with E-state index in [4.69, 9.17) is 9.47 Å². The minimum atomic E-state index is -1.13. The molecular weight excluding hydrogens is 484 g/mol. The molecule has 3 aromatic rings. The van der Waals surface area contributed by atoms with Gasteiger partial charge in [0.2, 0.25) is 5.91 Å². The Balaban J connectivity index is 1.44. The molecule has 0 spiro atoms. The molecule has 1 aliphatic rings. The summed E-state index contributed by atoms with van der Waals surface area (Å²) < 4.78 is 9.51. The molecule has 0 radical (unpaired) electrons. The highest BCUT2D eigenvalue weighted by Gasteiger charge is 2.41. The molecule has 198 valence electrons. The third-order valence-corrected chi connectivity index (χ3v) is 7.03. The van der Waals surface area contributed by atoms with Crippen molar-refractivity contribution in [3.63, 3.8) is 0 Å². The van der Waals surface area contributed by atoms with Crippen LogP contribution in [-0.2, 0) is 19.9 Å². The molecule has 0 atom stereocenters. The van der Waals surface area contributed by atoms with Crippen LogP contribution in [0.3, 0.4) is 0 Å². The van der Waals surface area contributed by atoms with E-state index in [0.717, 1.165) is 11.1 Å². The van der Waals surface area contributed by atoms with Gasteiger partial charge in [-0.1, -0.05) is 60.7 Å². The van der Waals surface area contributed by atoms with E-state index in [1.54, 1.807) is 0 Å². The molecular formula is C30H32N2O6. The average Bonchev–Trinajstić information content (AvgIpc) is 2.96. The van der Waals surface area contributed by atoms with E-state index in [1.165, 1.54) is 32.4 Å². The van der Waals surface area contributed by atoms with Crippen LogP contribution in [0.25, 0.3) is 0 Å². The van der Waals surface area contributed by atoms with E-state index < -0.39 is 17.5 Å². The molecule has 0 aromatic heterocycles. The van der Waals surface area contributed by atoms with Crippen molar-refractivity contribution in [3.8, 4) is 0 Å². The molecule has 1 aliphatic heterocycles. The van der Waals surface area contributed by atoms with Gasteiger partial charge in [-0.25, -0.2) is 9.59 Å². The Morgan fingerprint density at radius 1 is 0.842 bits per heavy atom. The number of rotatable bonds is 8. The van der Waals surface area contributed by atoms with Crippen LogP contribution < -0.4 is 5.32 Å². The number of piperidine rings is 1. The van der Waals surface area contributed by atoms with Gasteiger partial charge in [-0.05, 0) is 61.2 Å². The van der Waals surface area contributed by atoms with Crippen molar-refractivity contribution in [3.05, 3.63) is 101 Å². The molecule has 1 saturated heterocycles. The highest BCUT2D eigenvalue weighted by Crippen LogP contribution is 2.41. The Kier molecular flexibility index (Phi) is 8.55. The number of aliphatic hydroxyl groups is 1. The minimum Gasteiger partial charge on any atom is -0.465 e. The van der Waals surface area contributed by atoms with Gasteiger partial charge >= 0.3 is 11.9 Å². The van der Waals surface area contributed by atoms with Crippen LogP contribution in [0, 0.1) is 5.92 Å². The number of anilines is 1. The molecule has 38 heavy (non-hydrogen) atoms. The zero-order valence-electron chi connectivity index (χ0n) is 21.6. The van der Waals surface area contributed by atoms with Crippen molar-refractivity contribution in [2.75, 3.05) is 39.2 Å². The third kappa shape index (κ3) is 5.93. The molecule has 2 N–H and O–H groups in total. The van der Waals surface area contributed by atoms with Crippen LogP contribution in [0.4, 0.5) is 5.69 Å². The van der Waals surface area contributed by atoms with Crippen LogP contribution in [0.5, 0.6) is 0 Å². The number of esters is 2. The van der Waals surface area contributed by atoms with Crippen molar-refractivity contribution in [2.45, 2.75) is 18.4 Å². The zero-order valence-corrected chi connectivity index (χ0v) is 21.6. The lowest BCUT2D eigenvalue weighted by Crippen LogP contribution is -2.46. The van der Waals surface area contributed by atoms with E-state index in [0.29, 0.717) is 31.6 Å². The molecule has 1 fully saturated rings. The number of carbonyl (C=O) groups excluding carboxylic acids is 3. The maximum absolute atomic E-state index is 12.9. The van der Waals surface area contributed by atoms with E-state index in [1.807, 2.05) is 65.6 Å². The van der Waals surface area contributed by atoms with Gasteiger partial charge in [0.25, 0.3) is 0 Å². The maximum atomic E-state index is 12.9. The highest BCUT2D eigenvalue weighted by atomic mass is 16.5. The van der Waals surface area contributed by atoms with Crippen molar-refractivity contribution in [1.82, 2.24) is 4.90 Å². The number of amides is 1. The summed E-state index contributed by atoms with van der Waals surface area (Å²) in [5.41, 5.74) is 1.15. The first-order valence-corrected chi connectivity index (χ1v) is 12.5. The number of methoxy groups -OCH3 is 2. The Morgan fingerprint density at radius 3 is 1.76 bits per heavy atom. The largest absolute Gasteiger partial charge is 0.465 e. The minimum absolute atomic E-state index is 0.0223. The summed E-state index contributed by atoms with van der Waals surface area (Å²) in [5, 5.41) is 14.8. The van der Waals surface area contributed by atoms with Gasteiger partial charge in [0, 0.05) is 5.69 Å². The predicted octanol–water partition coefficient (Wildman–Crippen LogP) is 3.85. The second kappa shape index (κ2) is 12.0. The Bertz CT molecular complexity index is 1200. The Morgan fingerprint density at radius 2 is 1.32 bits per heavy atom. The SMILES string of the molecule is COC(=O)c1cc(NC(=O)CN2CCC(C(O)(c3ccccc3)c3ccccc3)CC2)cc(C(=O)OC)c1. The summed E-state index contributed by atoms with van der Waals surface area (Å²) in [5.74, 6) is -1.55. The van der Waals surface area contributed by atoms with Gasteiger partial charge in [-0.2, -0.15) is 0 Å². The number of nitrogens with zero attached hydrogens (tertiary/aromatic N) is 1. The van der Waals surface area contributed by atoms with Crippen LogP contribution >= 0.6 is 0 Å². The van der Waals surface area contributed by atoms with Gasteiger partial charge in [0.1, 0.15) is 5.60 Å². The predicted molar refractivity (Wildman–Crippen MR) is 143 cm³/mol. The van der Waals surface area contributed by atoms with Gasteiger partial charge in [0.05, 0.1) is 31.9 Å². The lowest BCUT2D eigenvalue weighted by atomic mass is 9.72. The smallest absolute Gasteiger partial charge is 0.337 e. The Labute approximate surface area is 222 Å². The molecule has 4 rings (SSSR count). The number of benzene rings is 3. The van der Waals surface area contributed by atoms with Crippen molar-refractivity contribution in [1.29, 1.82) is 0 Å². The number of hydrogen-bond acceptors (Lipinski definition) is 7. The summed E-state index contributed by atoms with van der Waals surface area (Å²) in [7, 11) is 2.48. The third-order valence-electron chi connectivity index (χ3n) is 7.03. The first-order valence-electron chi connectivity index (χ1n) is 12.5. The van der Waals surface area contributed by atoms with Gasteiger partial charge < -0.3 is 19.9 Å². The second-order valence-corrected chi connectivity index (χ2v) is 9.38. The molecule has 0 unspecified atom stereocenters. The molecule has 1 amide bonds. The molecule has 8 nitrogen and oxygen atoms in total. The molecule has 3 aromatic carbocycles. The van der Waals surface area contributed by atoms with E-state index >= 15 is 0 Å². The first-order chi connectivity index (χ1) is 18.3. The van der Waals surface area contributed by atoms with E-state index in [9.17, 15) is 19.5 Å². The van der Waals surface area contributed by atoms with Crippen LogP contribution in [0.1, 0.15) is 44.7 Å². The fraction of sp³-hybridized carbons (Fsp3) is 0.300. The lowest BCUT2D eigenvalue weighted by molar-refractivity contribution is -0.118. The van der Waals surface area contributed by atoms with Crippen molar-refractivity contribution in [2.24, 2.45) is 5.92 Å². The summed E-state index contributed by atoms with van der Waals surface area (Å²) in [4.78, 5) is 39.0. The number of nitrogens with one attached hydrogen (secondary N) is 1. The average molecular weight is 517 g/mol. The monoisotopic (exact) mass is 516 g/mol. The highest BCUT2D eigenvalue weighted by molar-refractivity contribution is 5.99. The van der Waals surface area contributed by atoms with E-state index in [2.05, 4.69) is 5.32 Å². The van der Waals surface area contributed by atoms with Crippen molar-refractivity contribution >= 4 is 23.5 Å². The van der Waals surface area contributed by atoms with Crippen LogP contribution in [0.15, 0.2) is 78.9 Å².